The molecule has 2 amide bonds. The molecule has 0 aliphatic rings. The smallest absolute Gasteiger partial charge is 0.317 e. The van der Waals surface area contributed by atoms with Gasteiger partial charge in [0.15, 0.2) is 5.82 Å². The lowest BCUT2D eigenvalue weighted by Crippen LogP contribution is -2.41. The Morgan fingerprint density at radius 3 is 2.67 bits per heavy atom. The summed E-state index contributed by atoms with van der Waals surface area (Å²) in [5.74, 6) is -1.20. The van der Waals surface area contributed by atoms with Gasteiger partial charge in [-0.05, 0) is 6.92 Å². The van der Waals surface area contributed by atoms with E-state index < -0.39 is 17.9 Å². The fourth-order valence-corrected chi connectivity index (χ4v) is 1.28. The van der Waals surface area contributed by atoms with Crippen LogP contribution in [-0.4, -0.2) is 56.2 Å². The fraction of sp³-hybridized carbons (Fsp3) is 0.667. The number of hydrogen-bond donors (Lipinski definition) is 3. The Morgan fingerprint density at radius 1 is 1.50 bits per heavy atom. The van der Waals surface area contributed by atoms with E-state index in [0.29, 0.717) is 5.82 Å². The Balaban J connectivity index is 2.47. The third-order valence-corrected chi connectivity index (χ3v) is 2.40. The van der Waals surface area contributed by atoms with E-state index in [4.69, 9.17) is 5.11 Å². The van der Waals surface area contributed by atoms with Crippen molar-refractivity contribution in [3.8, 4) is 0 Å². The van der Waals surface area contributed by atoms with Gasteiger partial charge in [-0.2, -0.15) is 5.21 Å². The van der Waals surface area contributed by atoms with Crippen LogP contribution in [-0.2, 0) is 4.79 Å². The molecule has 0 radical (unpaired) electrons. The van der Waals surface area contributed by atoms with Crippen molar-refractivity contribution < 1.29 is 14.7 Å². The number of H-pyrrole nitrogens is 1. The number of nitrogens with zero attached hydrogens (tertiary/aromatic N) is 4. The molecule has 1 heterocycles. The molecule has 0 saturated carbocycles. The molecule has 0 spiro atoms. The minimum atomic E-state index is -0.944. The normalized spacial score (nSPS) is 13.7. The lowest BCUT2D eigenvalue weighted by Gasteiger charge is -2.21. The first kappa shape index (κ1) is 13.9. The molecule has 1 aromatic rings. The maximum Gasteiger partial charge on any atom is 0.317 e. The van der Waals surface area contributed by atoms with Crippen molar-refractivity contribution >= 4 is 12.0 Å². The first-order valence-corrected chi connectivity index (χ1v) is 5.39. The Bertz CT molecular complexity index is 406. The second-order valence-corrected chi connectivity index (χ2v) is 4.06. The van der Waals surface area contributed by atoms with E-state index in [1.807, 2.05) is 0 Å². The molecular weight excluding hydrogens is 240 g/mol. The number of nitrogens with one attached hydrogen (secondary N) is 2. The van der Waals surface area contributed by atoms with Crippen LogP contribution in [0.1, 0.15) is 25.7 Å². The zero-order valence-electron chi connectivity index (χ0n) is 10.4. The van der Waals surface area contributed by atoms with E-state index in [1.165, 1.54) is 18.9 Å². The Hall–Kier alpha value is -2.19. The average Bonchev–Trinajstić information content (AvgIpc) is 2.81. The summed E-state index contributed by atoms with van der Waals surface area (Å²) in [6.45, 7) is 3.37. The predicted molar refractivity (Wildman–Crippen MR) is 60.6 cm³/mol. The Morgan fingerprint density at radius 2 is 2.17 bits per heavy atom. The largest absolute Gasteiger partial charge is 0.481 e. The number of carboxylic acid groups (broad SMARTS) is 1. The molecule has 0 aliphatic heterocycles. The quantitative estimate of drug-likeness (QED) is 0.659. The van der Waals surface area contributed by atoms with Gasteiger partial charge < -0.3 is 15.3 Å². The van der Waals surface area contributed by atoms with Gasteiger partial charge in [0, 0.05) is 13.6 Å². The van der Waals surface area contributed by atoms with Gasteiger partial charge in [-0.1, -0.05) is 12.1 Å². The van der Waals surface area contributed by atoms with Crippen molar-refractivity contribution in [2.75, 3.05) is 13.6 Å². The lowest BCUT2D eigenvalue weighted by molar-refractivity contribution is -0.141. The third-order valence-electron chi connectivity index (χ3n) is 2.40. The predicted octanol–water partition coefficient (Wildman–Crippen LogP) is -0.377. The zero-order chi connectivity index (χ0) is 13.7. The number of carbonyl (C=O) groups excluding carboxylic acids is 1. The summed E-state index contributed by atoms with van der Waals surface area (Å²) in [6.07, 6.45) is 0. The summed E-state index contributed by atoms with van der Waals surface area (Å²) in [5.41, 5.74) is 0. The molecule has 0 saturated heterocycles. The number of hydrogen-bond acceptors (Lipinski definition) is 5. The maximum atomic E-state index is 11.7. The van der Waals surface area contributed by atoms with Gasteiger partial charge in [0.05, 0.1) is 12.0 Å². The fourth-order valence-electron chi connectivity index (χ4n) is 1.28. The highest BCUT2D eigenvalue weighted by Crippen LogP contribution is 2.05. The summed E-state index contributed by atoms with van der Waals surface area (Å²) in [4.78, 5) is 23.7. The highest BCUT2D eigenvalue weighted by Gasteiger charge is 2.20. The molecule has 0 bridgehead atoms. The molecule has 1 aromatic heterocycles. The van der Waals surface area contributed by atoms with Crippen LogP contribution >= 0.6 is 0 Å². The Labute approximate surface area is 104 Å². The molecular formula is C9H16N6O3. The summed E-state index contributed by atoms with van der Waals surface area (Å²) < 4.78 is 0. The molecule has 2 atom stereocenters. The highest BCUT2D eigenvalue weighted by molar-refractivity contribution is 5.76. The van der Waals surface area contributed by atoms with Gasteiger partial charge >= 0.3 is 12.0 Å². The number of carbonyl (C=O) groups is 2. The van der Waals surface area contributed by atoms with Gasteiger partial charge in [0.1, 0.15) is 0 Å². The molecule has 9 heteroatoms. The van der Waals surface area contributed by atoms with Crippen molar-refractivity contribution in [2.24, 2.45) is 5.92 Å². The molecule has 3 N–H and O–H groups in total. The second kappa shape index (κ2) is 5.94. The minimum Gasteiger partial charge on any atom is -0.481 e. The molecule has 100 valence electrons. The molecule has 0 aliphatic carbocycles. The number of urea groups is 1. The van der Waals surface area contributed by atoms with Crippen molar-refractivity contribution in [1.82, 2.24) is 30.8 Å². The van der Waals surface area contributed by atoms with E-state index in [1.54, 1.807) is 6.92 Å². The van der Waals surface area contributed by atoms with Crippen molar-refractivity contribution in [2.45, 2.75) is 19.9 Å². The second-order valence-electron chi connectivity index (χ2n) is 4.06. The number of amides is 2. The van der Waals surface area contributed by atoms with Crippen LogP contribution < -0.4 is 5.32 Å². The van der Waals surface area contributed by atoms with Gasteiger partial charge in [-0.3, -0.25) is 4.79 Å². The number of aromatic nitrogens is 4. The summed E-state index contributed by atoms with van der Waals surface area (Å²) in [7, 11) is 1.53. The molecule has 9 nitrogen and oxygen atoms in total. The summed E-state index contributed by atoms with van der Waals surface area (Å²) in [6, 6.07) is -0.792. The number of aromatic amines is 1. The van der Waals surface area contributed by atoms with Crippen LogP contribution in [0.15, 0.2) is 0 Å². The van der Waals surface area contributed by atoms with Crippen LogP contribution in [0.4, 0.5) is 4.79 Å². The van der Waals surface area contributed by atoms with Crippen LogP contribution in [0.5, 0.6) is 0 Å². The number of tetrazole rings is 1. The third kappa shape index (κ3) is 3.68. The first-order chi connectivity index (χ1) is 8.41. The van der Waals surface area contributed by atoms with Crippen LogP contribution in [0, 0.1) is 5.92 Å². The zero-order valence-corrected chi connectivity index (χ0v) is 10.4. The van der Waals surface area contributed by atoms with Crippen LogP contribution in [0.25, 0.3) is 0 Å². The van der Waals surface area contributed by atoms with Gasteiger partial charge in [0.25, 0.3) is 0 Å². The Kier molecular flexibility index (Phi) is 4.58. The van der Waals surface area contributed by atoms with E-state index in [0.717, 1.165) is 0 Å². The lowest BCUT2D eigenvalue weighted by atomic mass is 10.2. The SMILES string of the molecule is CC(CN(C)C(=O)NC(C)c1nn[nH]n1)C(=O)O. The molecule has 18 heavy (non-hydrogen) atoms. The number of aliphatic carboxylic acids is 1. The summed E-state index contributed by atoms with van der Waals surface area (Å²) >= 11 is 0. The molecule has 0 aromatic carbocycles. The van der Waals surface area contributed by atoms with E-state index in [-0.39, 0.29) is 12.6 Å². The number of rotatable bonds is 5. The van der Waals surface area contributed by atoms with Gasteiger partial charge in [0.2, 0.25) is 0 Å². The molecule has 0 fully saturated rings. The summed E-state index contributed by atoms with van der Waals surface area (Å²) in [5, 5.41) is 24.6. The molecule has 2 unspecified atom stereocenters. The van der Waals surface area contributed by atoms with Crippen LogP contribution in [0.3, 0.4) is 0 Å². The average molecular weight is 256 g/mol. The van der Waals surface area contributed by atoms with E-state index in [9.17, 15) is 9.59 Å². The van der Waals surface area contributed by atoms with E-state index in [2.05, 4.69) is 25.9 Å². The standard InChI is InChI=1S/C9H16N6O3/c1-5(8(16)17)4-15(3)9(18)10-6(2)7-11-13-14-12-7/h5-6H,4H2,1-3H3,(H,10,18)(H,16,17)(H,11,12,13,14). The first-order valence-electron chi connectivity index (χ1n) is 5.39. The van der Waals surface area contributed by atoms with E-state index >= 15 is 0 Å². The minimum absolute atomic E-state index is 0.125. The molecule has 1 rings (SSSR count). The van der Waals surface area contributed by atoms with Crippen molar-refractivity contribution in [3.63, 3.8) is 0 Å². The highest BCUT2D eigenvalue weighted by atomic mass is 16.4. The van der Waals surface area contributed by atoms with Crippen LogP contribution in [0.2, 0.25) is 0 Å². The van der Waals surface area contributed by atoms with Gasteiger partial charge in [-0.15, -0.1) is 10.2 Å². The maximum absolute atomic E-state index is 11.7. The monoisotopic (exact) mass is 256 g/mol. The van der Waals surface area contributed by atoms with Crippen molar-refractivity contribution in [3.05, 3.63) is 5.82 Å². The topological polar surface area (TPSA) is 124 Å². The van der Waals surface area contributed by atoms with Crippen molar-refractivity contribution in [1.29, 1.82) is 0 Å². The number of carboxylic acids is 1. The van der Waals surface area contributed by atoms with Gasteiger partial charge in [-0.25, -0.2) is 4.79 Å².